The van der Waals surface area contributed by atoms with E-state index in [2.05, 4.69) is 13.8 Å². The molecule has 0 radical (unpaired) electrons. The van der Waals surface area contributed by atoms with E-state index in [9.17, 15) is 14.7 Å². The molecule has 0 rings (SSSR count). The second kappa shape index (κ2) is 34.4. The quantitative estimate of drug-likeness (QED) is 0.0588. The van der Waals surface area contributed by atoms with Crippen LogP contribution >= 0.6 is 0 Å². The maximum absolute atomic E-state index is 13.1. The first kappa shape index (κ1) is 44.1. The van der Waals surface area contributed by atoms with Gasteiger partial charge < -0.3 is 16.6 Å². The molecular weight excluding hydrogens is 556 g/mol. The first-order valence-electron chi connectivity index (χ1n) is 20.2. The first-order valence-corrected chi connectivity index (χ1v) is 20.2. The molecule has 0 aromatic heterocycles. The Labute approximate surface area is 281 Å². The second-order valence-corrected chi connectivity index (χ2v) is 14.3. The molecule has 0 fully saturated rings. The number of Topliss-reactive ketones (excluding diaryl/α,β-unsaturated/α-hetero) is 1. The number of carboxylic acid groups (broad SMARTS) is 1. The van der Waals surface area contributed by atoms with Gasteiger partial charge in [-0.05, 0) is 12.8 Å². The lowest BCUT2D eigenvalue weighted by molar-refractivity contribution is -0.141. The van der Waals surface area contributed by atoms with E-state index in [4.69, 9.17) is 11.5 Å². The zero-order chi connectivity index (χ0) is 33.2. The van der Waals surface area contributed by atoms with Crippen molar-refractivity contribution >= 4 is 11.8 Å². The molecule has 0 aromatic carbocycles. The van der Waals surface area contributed by atoms with Crippen LogP contribution in [0.25, 0.3) is 0 Å². The van der Waals surface area contributed by atoms with Crippen molar-refractivity contribution in [1.29, 1.82) is 0 Å². The molecule has 0 bridgehead atoms. The molecule has 0 aliphatic rings. The van der Waals surface area contributed by atoms with Gasteiger partial charge in [-0.3, -0.25) is 9.59 Å². The third-order valence-electron chi connectivity index (χ3n) is 9.97. The molecule has 0 amide bonds. The van der Waals surface area contributed by atoms with Crippen molar-refractivity contribution in [3.63, 3.8) is 0 Å². The van der Waals surface area contributed by atoms with Crippen molar-refractivity contribution in [3.05, 3.63) is 0 Å². The van der Waals surface area contributed by atoms with E-state index in [1.54, 1.807) is 0 Å². The fourth-order valence-electron chi connectivity index (χ4n) is 6.73. The van der Waals surface area contributed by atoms with Gasteiger partial charge in [0.2, 0.25) is 0 Å². The molecule has 0 spiro atoms. The Hall–Kier alpha value is -0.940. The van der Waals surface area contributed by atoms with E-state index in [1.807, 2.05) is 0 Å². The summed E-state index contributed by atoms with van der Waals surface area (Å²) in [5.74, 6) is -1.49. The van der Waals surface area contributed by atoms with Crippen LogP contribution in [0.4, 0.5) is 0 Å². The molecule has 0 heterocycles. The average Bonchev–Trinajstić information content (AvgIpc) is 3.04. The fourth-order valence-corrected chi connectivity index (χ4v) is 6.73. The van der Waals surface area contributed by atoms with Gasteiger partial charge in [-0.25, -0.2) is 0 Å². The molecule has 0 saturated heterocycles. The normalized spacial score (nSPS) is 13.6. The summed E-state index contributed by atoms with van der Waals surface area (Å²) in [6, 6.07) is -2.42. The first-order chi connectivity index (χ1) is 22.0. The predicted octanol–water partition coefficient (Wildman–Crippen LogP) is 11.8. The average molecular weight is 637 g/mol. The number of carboxylic acids is 1. The van der Waals surface area contributed by atoms with Gasteiger partial charge in [0.1, 0.15) is 6.04 Å². The van der Waals surface area contributed by atoms with Crippen LogP contribution in [0.2, 0.25) is 0 Å². The van der Waals surface area contributed by atoms with E-state index in [1.165, 1.54) is 173 Å². The van der Waals surface area contributed by atoms with Crippen LogP contribution in [-0.2, 0) is 9.59 Å². The Morgan fingerprint density at radius 1 is 0.400 bits per heavy atom. The van der Waals surface area contributed by atoms with Gasteiger partial charge >= 0.3 is 5.97 Å². The van der Waals surface area contributed by atoms with Crippen molar-refractivity contribution in [2.24, 2.45) is 17.4 Å². The molecule has 45 heavy (non-hydrogen) atoms. The lowest BCUT2D eigenvalue weighted by atomic mass is 9.86. The molecule has 0 aliphatic heterocycles. The molecule has 3 unspecified atom stereocenters. The van der Waals surface area contributed by atoms with Crippen LogP contribution < -0.4 is 11.5 Å². The number of carbonyl (C=O) groups excluding carboxylic acids is 1. The highest BCUT2D eigenvalue weighted by molar-refractivity contribution is 5.92. The minimum absolute atomic E-state index is 0.142. The summed E-state index contributed by atoms with van der Waals surface area (Å²) in [5, 5.41) is 9.27. The molecule has 5 nitrogen and oxygen atoms in total. The van der Waals surface area contributed by atoms with Crippen molar-refractivity contribution in [1.82, 2.24) is 0 Å². The summed E-state index contributed by atoms with van der Waals surface area (Å²) in [4.78, 5) is 24.4. The lowest BCUT2D eigenvalue weighted by Crippen LogP contribution is -2.53. The van der Waals surface area contributed by atoms with Crippen molar-refractivity contribution < 1.29 is 14.7 Å². The van der Waals surface area contributed by atoms with Crippen LogP contribution in [0, 0.1) is 5.92 Å². The smallest absolute Gasteiger partial charge is 0.322 e. The maximum atomic E-state index is 13.1. The van der Waals surface area contributed by atoms with Crippen LogP contribution in [0.15, 0.2) is 0 Å². The Balaban J connectivity index is 3.99. The zero-order valence-electron chi connectivity index (χ0n) is 30.5. The Morgan fingerprint density at radius 2 is 0.622 bits per heavy atom. The number of aliphatic carboxylic acids is 1. The minimum atomic E-state index is -1.31. The molecule has 0 saturated carbocycles. The number of ketones is 1. The fraction of sp³-hybridized carbons (Fsp3) is 0.950. The molecule has 5 heteroatoms. The molecule has 5 N–H and O–H groups in total. The highest BCUT2D eigenvalue weighted by Crippen LogP contribution is 2.22. The molecular formula is C40H80N2O3. The van der Waals surface area contributed by atoms with Crippen molar-refractivity contribution in [2.45, 2.75) is 238 Å². The topological polar surface area (TPSA) is 106 Å². The third-order valence-corrected chi connectivity index (χ3v) is 9.97. The SMILES string of the molecule is CCCCCCCCCCCCCCCCCCC(CCCCCCCCCCCCCCCCC)C(=O)C(N)C(N)C(=O)O. The zero-order valence-corrected chi connectivity index (χ0v) is 30.5. The van der Waals surface area contributed by atoms with Gasteiger partial charge in [0, 0.05) is 5.92 Å². The van der Waals surface area contributed by atoms with Crippen LogP contribution in [-0.4, -0.2) is 28.9 Å². The third kappa shape index (κ3) is 29.0. The predicted molar refractivity (Wildman–Crippen MR) is 196 cm³/mol. The summed E-state index contributed by atoms with van der Waals surface area (Å²) in [6.07, 6.45) is 42.7. The standard InChI is InChI=1S/C40H80N2O3/c1-3-5-7-9-11-13-15-17-19-21-23-25-27-29-31-33-35-36(39(43)37(41)38(42)40(44)45)34-32-30-28-26-24-22-20-18-16-14-12-10-8-6-4-2/h36-38H,3-35,41-42H2,1-2H3,(H,44,45). The Bertz CT molecular complexity index is 641. The van der Waals surface area contributed by atoms with Crippen molar-refractivity contribution in [3.8, 4) is 0 Å². The van der Waals surface area contributed by atoms with Crippen LogP contribution in [0.1, 0.15) is 226 Å². The number of hydrogen-bond acceptors (Lipinski definition) is 4. The number of unbranched alkanes of at least 4 members (excludes halogenated alkanes) is 29. The molecule has 3 atom stereocenters. The highest BCUT2D eigenvalue weighted by atomic mass is 16.4. The van der Waals surface area contributed by atoms with Gasteiger partial charge in [0.25, 0.3) is 0 Å². The molecule has 0 aliphatic carbocycles. The summed E-state index contributed by atoms with van der Waals surface area (Å²) < 4.78 is 0. The summed E-state index contributed by atoms with van der Waals surface area (Å²) in [7, 11) is 0. The monoisotopic (exact) mass is 637 g/mol. The highest BCUT2D eigenvalue weighted by Gasteiger charge is 2.31. The van der Waals surface area contributed by atoms with Crippen LogP contribution in [0.5, 0.6) is 0 Å². The maximum Gasteiger partial charge on any atom is 0.322 e. The summed E-state index contributed by atoms with van der Waals surface area (Å²) in [5.41, 5.74) is 11.8. The van der Waals surface area contributed by atoms with Crippen molar-refractivity contribution in [2.75, 3.05) is 0 Å². The van der Waals surface area contributed by atoms with Gasteiger partial charge in [0.05, 0.1) is 6.04 Å². The van der Waals surface area contributed by atoms with E-state index < -0.39 is 18.1 Å². The van der Waals surface area contributed by atoms with E-state index in [-0.39, 0.29) is 11.7 Å². The molecule has 0 aromatic rings. The minimum Gasteiger partial charge on any atom is -0.480 e. The van der Waals surface area contributed by atoms with Gasteiger partial charge in [0.15, 0.2) is 5.78 Å². The Morgan fingerprint density at radius 3 is 0.844 bits per heavy atom. The van der Waals surface area contributed by atoms with E-state index >= 15 is 0 Å². The Kier molecular flexibility index (Phi) is 33.7. The lowest BCUT2D eigenvalue weighted by Gasteiger charge is -2.22. The number of rotatable bonds is 37. The molecule has 268 valence electrons. The van der Waals surface area contributed by atoms with E-state index in [0.29, 0.717) is 0 Å². The van der Waals surface area contributed by atoms with Gasteiger partial charge in [-0.15, -0.1) is 0 Å². The summed E-state index contributed by atoms with van der Waals surface area (Å²) in [6.45, 7) is 4.55. The second-order valence-electron chi connectivity index (χ2n) is 14.3. The number of carbonyl (C=O) groups is 2. The van der Waals surface area contributed by atoms with Gasteiger partial charge in [-0.1, -0.05) is 213 Å². The largest absolute Gasteiger partial charge is 0.480 e. The van der Waals surface area contributed by atoms with Crippen LogP contribution in [0.3, 0.4) is 0 Å². The number of nitrogens with two attached hydrogens (primary N) is 2. The number of hydrogen-bond donors (Lipinski definition) is 3. The van der Waals surface area contributed by atoms with Gasteiger partial charge in [-0.2, -0.15) is 0 Å². The van der Waals surface area contributed by atoms with E-state index in [0.717, 1.165) is 38.5 Å². The summed E-state index contributed by atoms with van der Waals surface area (Å²) >= 11 is 0.